The van der Waals surface area contributed by atoms with Crippen LogP contribution >= 0.6 is 0 Å². The molecule has 8 nitrogen and oxygen atoms in total. The highest BCUT2D eigenvalue weighted by Crippen LogP contribution is 2.35. The summed E-state index contributed by atoms with van der Waals surface area (Å²) in [5.74, 6) is -0.549. The van der Waals surface area contributed by atoms with Crippen LogP contribution in [0.4, 0.5) is 4.79 Å². The summed E-state index contributed by atoms with van der Waals surface area (Å²) in [6.45, 7) is 8.94. The molecule has 1 saturated carbocycles. The number of carbonyl (C=O) groups excluding carboxylic acids is 3. The van der Waals surface area contributed by atoms with E-state index in [2.05, 4.69) is 10.6 Å². The van der Waals surface area contributed by atoms with Crippen molar-refractivity contribution >= 4 is 17.9 Å². The van der Waals surface area contributed by atoms with E-state index in [9.17, 15) is 19.5 Å². The van der Waals surface area contributed by atoms with E-state index in [0.29, 0.717) is 5.56 Å². The molecule has 0 saturated heterocycles. The van der Waals surface area contributed by atoms with Crippen molar-refractivity contribution in [2.45, 2.75) is 84.0 Å². The second kappa shape index (κ2) is 10.5. The summed E-state index contributed by atoms with van der Waals surface area (Å²) in [6.07, 6.45) is 2.66. The predicted molar refractivity (Wildman–Crippen MR) is 117 cm³/mol. The number of hydrogen-bond acceptors (Lipinski definition) is 5. The zero-order valence-electron chi connectivity index (χ0n) is 19.1. The highest BCUT2D eigenvalue weighted by molar-refractivity contribution is 5.91. The van der Waals surface area contributed by atoms with Gasteiger partial charge in [0, 0.05) is 12.1 Å². The molecule has 1 fully saturated rings. The molecular formula is C23H35N3O5. The lowest BCUT2D eigenvalue weighted by molar-refractivity contribution is -0.141. The van der Waals surface area contributed by atoms with Crippen molar-refractivity contribution in [2.24, 2.45) is 0 Å². The Hall–Kier alpha value is -2.77. The van der Waals surface area contributed by atoms with Crippen LogP contribution in [0.25, 0.3) is 0 Å². The summed E-state index contributed by atoms with van der Waals surface area (Å²) >= 11 is 0. The normalized spacial score (nSPS) is 15.5. The molecular weight excluding hydrogens is 398 g/mol. The number of aromatic hydroxyl groups is 1. The van der Waals surface area contributed by atoms with E-state index < -0.39 is 17.7 Å². The fraction of sp³-hybridized carbons (Fsp3) is 0.609. The first-order chi connectivity index (χ1) is 14.5. The minimum atomic E-state index is -0.847. The van der Waals surface area contributed by atoms with Gasteiger partial charge in [0.1, 0.15) is 23.9 Å². The summed E-state index contributed by atoms with van der Waals surface area (Å²) in [4.78, 5) is 39.9. The van der Waals surface area contributed by atoms with Gasteiger partial charge in [0.05, 0.1) is 0 Å². The van der Waals surface area contributed by atoms with Gasteiger partial charge in [-0.25, -0.2) is 4.79 Å². The number of nitrogens with zero attached hydrogens (tertiary/aromatic N) is 1. The average Bonchev–Trinajstić information content (AvgIpc) is 3.48. The van der Waals surface area contributed by atoms with E-state index in [-0.39, 0.29) is 36.2 Å². The molecule has 0 radical (unpaired) electrons. The van der Waals surface area contributed by atoms with Gasteiger partial charge in [-0.2, -0.15) is 0 Å². The van der Waals surface area contributed by atoms with E-state index in [1.54, 1.807) is 37.8 Å². The molecule has 2 atom stereocenters. The molecule has 1 aromatic rings. The number of phenols is 1. The summed E-state index contributed by atoms with van der Waals surface area (Å²) in [6, 6.07) is 5.34. The molecule has 1 aromatic carbocycles. The Labute approximate surface area is 184 Å². The largest absolute Gasteiger partial charge is 0.508 e. The number of ether oxygens (including phenoxy) is 1. The lowest BCUT2D eigenvalue weighted by Gasteiger charge is -2.32. The number of amides is 3. The van der Waals surface area contributed by atoms with Gasteiger partial charge in [0.2, 0.25) is 11.8 Å². The Kier molecular flexibility index (Phi) is 8.30. The Balaban J connectivity index is 2.23. The smallest absolute Gasteiger partial charge is 0.408 e. The third-order valence-corrected chi connectivity index (χ3v) is 4.86. The van der Waals surface area contributed by atoms with Crippen molar-refractivity contribution in [3.63, 3.8) is 0 Å². The van der Waals surface area contributed by atoms with Crippen LogP contribution < -0.4 is 10.6 Å². The highest BCUT2D eigenvalue weighted by Gasteiger charge is 2.41. The lowest BCUT2D eigenvalue weighted by atomic mass is 10.0. The van der Waals surface area contributed by atoms with Crippen molar-refractivity contribution in [2.75, 3.05) is 6.54 Å². The van der Waals surface area contributed by atoms with E-state index in [0.717, 1.165) is 25.7 Å². The van der Waals surface area contributed by atoms with Crippen LogP contribution in [0.3, 0.4) is 0 Å². The Bertz CT molecular complexity index is 768. The number of alkyl carbamates (subject to hydrolysis) is 1. The van der Waals surface area contributed by atoms with Crippen LogP contribution in [-0.4, -0.2) is 52.1 Å². The van der Waals surface area contributed by atoms with Gasteiger partial charge >= 0.3 is 6.09 Å². The molecule has 172 valence electrons. The molecule has 0 heterocycles. The quantitative estimate of drug-likeness (QED) is 0.554. The average molecular weight is 434 g/mol. The Morgan fingerprint density at radius 1 is 1.19 bits per heavy atom. The van der Waals surface area contributed by atoms with Crippen molar-refractivity contribution in [3.05, 3.63) is 29.8 Å². The molecule has 1 aliphatic rings. The van der Waals surface area contributed by atoms with Crippen LogP contribution in [0.5, 0.6) is 5.75 Å². The Morgan fingerprint density at radius 3 is 2.32 bits per heavy atom. The Morgan fingerprint density at radius 2 is 1.81 bits per heavy atom. The third kappa shape index (κ3) is 7.77. The topological polar surface area (TPSA) is 108 Å². The summed E-state index contributed by atoms with van der Waals surface area (Å²) < 4.78 is 5.20. The SMILES string of the molecule is CCCC(C)NC(=O)C(c1ccc(O)cc1)N(C(=O)CNC(=O)OC(C)(C)C)C1CC1. The van der Waals surface area contributed by atoms with E-state index in [1.807, 2.05) is 13.8 Å². The first-order valence-corrected chi connectivity index (χ1v) is 10.9. The summed E-state index contributed by atoms with van der Waals surface area (Å²) in [5.41, 5.74) is -0.0655. The number of rotatable bonds is 9. The second-order valence-corrected chi connectivity index (χ2v) is 9.08. The molecule has 0 aliphatic heterocycles. The van der Waals surface area contributed by atoms with Gasteiger partial charge in [-0.1, -0.05) is 25.5 Å². The summed E-state index contributed by atoms with van der Waals surface area (Å²) in [7, 11) is 0. The maximum absolute atomic E-state index is 13.2. The zero-order valence-corrected chi connectivity index (χ0v) is 19.1. The molecule has 3 amide bonds. The van der Waals surface area contributed by atoms with E-state index in [4.69, 9.17) is 4.74 Å². The molecule has 31 heavy (non-hydrogen) atoms. The minimum Gasteiger partial charge on any atom is -0.508 e. The van der Waals surface area contributed by atoms with Crippen LogP contribution in [0.2, 0.25) is 0 Å². The van der Waals surface area contributed by atoms with Gasteiger partial charge in [-0.05, 0) is 64.7 Å². The molecule has 0 spiro atoms. The van der Waals surface area contributed by atoms with Crippen molar-refractivity contribution in [1.82, 2.24) is 15.5 Å². The van der Waals surface area contributed by atoms with Gasteiger partial charge < -0.3 is 25.4 Å². The first kappa shape index (κ1) is 24.5. The fourth-order valence-electron chi connectivity index (χ4n) is 3.39. The van der Waals surface area contributed by atoms with Gasteiger partial charge in [0.25, 0.3) is 0 Å². The molecule has 0 bridgehead atoms. The zero-order chi connectivity index (χ0) is 23.2. The first-order valence-electron chi connectivity index (χ1n) is 10.9. The maximum Gasteiger partial charge on any atom is 0.408 e. The molecule has 1 aliphatic carbocycles. The highest BCUT2D eigenvalue weighted by atomic mass is 16.6. The van der Waals surface area contributed by atoms with Crippen molar-refractivity contribution < 1.29 is 24.2 Å². The monoisotopic (exact) mass is 433 g/mol. The van der Waals surface area contributed by atoms with Crippen LogP contribution in [0, 0.1) is 0 Å². The summed E-state index contributed by atoms with van der Waals surface area (Å²) in [5, 5.41) is 15.2. The number of carbonyl (C=O) groups is 3. The number of benzene rings is 1. The minimum absolute atomic E-state index is 0.0341. The molecule has 8 heteroatoms. The van der Waals surface area contributed by atoms with Gasteiger partial charge in [0.15, 0.2) is 0 Å². The van der Waals surface area contributed by atoms with E-state index in [1.165, 1.54) is 12.1 Å². The molecule has 2 unspecified atom stereocenters. The number of nitrogens with one attached hydrogen (secondary N) is 2. The number of phenolic OH excluding ortho intramolecular Hbond substituents is 1. The third-order valence-electron chi connectivity index (χ3n) is 4.86. The standard InChI is InChI=1S/C23H35N3O5/c1-6-7-15(2)25-21(29)20(16-8-12-18(27)13-9-16)26(17-10-11-17)19(28)14-24-22(30)31-23(3,4)5/h8-9,12-13,15,17,20,27H,6-7,10-11,14H2,1-5H3,(H,24,30)(H,25,29). The predicted octanol–water partition coefficient (Wildman–Crippen LogP) is 3.25. The van der Waals surface area contributed by atoms with Crippen LogP contribution in [0.15, 0.2) is 24.3 Å². The molecule has 3 N–H and O–H groups in total. The molecule has 0 aromatic heterocycles. The lowest BCUT2D eigenvalue weighted by Crippen LogP contribution is -2.50. The molecule has 2 rings (SSSR count). The second-order valence-electron chi connectivity index (χ2n) is 9.08. The number of hydrogen-bond donors (Lipinski definition) is 3. The van der Waals surface area contributed by atoms with E-state index >= 15 is 0 Å². The van der Waals surface area contributed by atoms with Gasteiger partial charge in [-0.15, -0.1) is 0 Å². The van der Waals surface area contributed by atoms with Crippen molar-refractivity contribution in [1.29, 1.82) is 0 Å². The maximum atomic E-state index is 13.2. The van der Waals surface area contributed by atoms with Gasteiger partial charge in [-0.3, -0.25) is 9.59 Å². The van der Waals surface area contributed by atoms with Crippen molar-refractivity contribution in [3.8, 4) is 5.75 Å². The fourth-order valence-corrected chi connectivity index (χ4v) is 3.39. The van der Waals surface area contributed by atoms with Crippen LogP contribution in [-0.2, 0) is 14.3 Å². The van der Waals surface area contributed by atoms with Crippen LogP contribution in [0.1, 0.15) is 71.9 Å².